The number of halogens is 1. The van der Waals surface area contributed by atoms with Crippen LogP contribution in [0.2, 0.25) is 0 Å². The van der Waals surface area contributed by atoms with Crippen LogP contribution in [0.3, 0.4) is 0 Å². The maximum atomic E-state index is 4.38. The molecule has 0 unspecified atom stereocenters. The minimum atomic E-state index is 0. The van der Waals surface area contributed by atoms with Crippen LogP contribution >= 0.6 is 35.7 Å². The van der Waals surface area contributed by atoms with Gasteiger partial charge in [0, 0.05) is 33.1 Å². The first-order valence-corrected chi connectivity index (χ1v) is 10.8. The van der Waals surface area contributed by atoms with Gasteiger partial charge in [0.15, 0.2) is 11.1 Å². The fourth-order valence-corrected chi connectivity index (χ4v) is 3.37. The zero-order chi connectivity index (χ0) is 19.5. The highest BCUT2D eigenvalue weighted by atomic mass is 127. The van der Waals surface area contributed by atoms with Crippen molar-refractivity contribution in [2.24, 2.45) is 10.9 Å². The third-order valence-electron chi connectivity index (χ3n) is 4.17. The monoisotopic (exact) mass is 516 g/mol. The van der Waals surface area contributed by atoms with E-state index in [4.69, 9.17) is 0 Å². The molecule has 0 atom stereocenters. The van der Waals surface area contributed by atoms with Gasteiger partial charge in [-0.25, -0.2) is 0 Å². The van der Waals surface area contributed by atoms with Crippen molar-refractivity contribution in [1.29, 1.82) is 0 Å². The van der Waals surface area contributed by atoms with Crippen molar-refractivity contribution >= 4 is 41.7 Å². The molecular weight excluding hydrogens is 483 g/mol. The third kappa shape index (κ3) is 8.38. The van der Waals surface area contributed by atoms with Crippen molar-refractivity contribution < 1.29 is 0 Å². The van der Waals surface area contributed by atoms with Gasteiger partial charge in [-0.15, -0.1) is 34.2 Å². The van der Waals surface area contributed by atoms with Gasteiger partial charge < -0.3 is 15.2 Å². The molecule has 28 heavy (non-hydrogen) atoms. The molecule has 1 heterocycles. The lowest BCUT2D eigenvalue weighted by atomic mass is 10.1. The van der Waals surface area contributed by atoms with Crippen LogP contribution in [0.25, 0.3) is 0 Å². The second-order valence-electron chi connectivity index (χ2n) is 6.87. The van der Waals surface area contributed by atoms with Gasteiger partial charge in [0.25, 0.3) is 0 Å². The molecule has 2 aromatic rings. The van der Waals surface area contributed by atoms with Gasteiger partial charge >= 0.3 is 0 Å². The van der Waals surface area contributed by atoms with Crippen molar-refractivity contribution in [3.63, 3.8) is 0 Å². The number of rotatable bonds is 10. The van der Waals surface area contributed by atoms with Gasteiger partial charge in [0.2, 0.25) is 0 Å². The average molecular weight is 516 g/mol. The summed E-state index contributed by atoms with van der Waals surface area (Å²) in [6.45, 7) is 7.13. The lowest BCUT2D eigenvalue weighted by Gasteiger charge is -2.13. The Labute approximate surface area is 190 Å². The zero-order valence-corrected chi connectivity index (χ0v) is 20.5. The fraction of sp³-hybridized carbons (Fsp3) is 0.550. The molecule has 1 aromatic carbocycles. The molecule has 0 saturated carbocycles. The van der Waals surface area contributed by atoms with Crippen molar-refractivity contribution in [2.45, 2.75) is 44.8 Å². The highest BCUT2D eigenvalue weighted by Gasteiger charge is 2.12. The van der Waals surface area contributed by atoms with Crippen LogP contribution in [0.4, 0.5) is 0 Å². The van der Waals surface area contributed by atoms with Crippen LogP contribution < -0.4 is 10.6 Å². The number of aliphatic imine (C=N–C) groups is 1. The molecule has 8 heteroatoms. The van der Waals surface area contributed by atoms with Crippen molar-refractivity contribution in [1.82, 2.24) is 25.4 Å². The second kappa shape index (κ2) is 13.8. The van der Waals surface area contributed by atoms with E-state index in [-0.39, 0.29) is 24.0 Å². The average Bonchev–Trinajstić information content (AvgIpc) is 3.05. The lowest BCUT2D eigenvalue weighted by Crippen LogP contribution is -2.38. The number of benzene rings is 1. The number of hydrogen-bond acceptors (Lipinski definition) is 4. The number of guanidine groups is 1. The first-order chi connectivity index (χ1) is 13.1. The smallest absolute Gasteiger partial charge is 0.190 e. The first-order valence-electron chi connectivity index (χ1n) is 9.58. The molecule has 0 bridgehead atoms. The van der Waals surface area contributed by atoms with Gasteiger partial charge in [-0.1, -0.05) is 55.9 Å². The number of aryl methyl sites for hydroxylation is 1. The molecule has 1 aromatic heterocycles. The van der Waals surface area contributed by atoms with Crippen LogP contribution in [0.15, 0.2) is 40.5 Å². The Kier molecular flexibility index (Phi) is 12.2. The number of nitrogens with one attached hydrogen (secondary N) is 2. The Bertz CT molecular complexity index is 702. The van der Waals surface area contributed by atoms with Crippen molar-refractivity contribution in [3.8, 4) is 0 Å². The molecule has 2 N–H and O–H groups in total. The van der Waals surface area contributed by atoms with Crippen molar-refractivity contribution in [2.75, 3.05) is 26.4 Å². The minimum absolute atomic E-state index is 0. The summed E-state index contributed by atoms with van der Waals surface area (Å²) in [5.41, 5.74) is 1.33. The predicted octanol–water partition coefficient (Wildman–Crippen LogP) is 3.61. The predicted molar refractivity (Wildman–Crippen MR) is 130 cm³/mol. The topological polar surface area (TPSA) is 67.1 Å². The van der Waals surface area contributed by atoms with Gasteiger partial charge in [-0.3, -0.25) is 4.99 Å². The van der Waals surface area contributed by atoms with Crippen LogP contribution in [-0.2, 0) is 19.4 Å². The summed E-state index contributed by atoms with van der Waals surface area (Å²) >= 11 is 1.66. The van der Waals surface area contributed by atoms with E-state index in [2.05, 4.69) is 74.8 Å². The summed E-state index contributed by atoms with van der Waals surface area (Å²) in [4.78, 5) is 4.30. The molecule has 0 aliphatic rings. The van der Waals surface area contributed by atoms with Crippen molar-refractivity contribution in [3.05, 3.63) is 41.7 Å². The fourth-order valence-electron chi connectivity index (χ4n) is 2.85. The van der Waals surface area contributed by atoms with E-state index in [1.165, 1.54) is 5.56 Å². The maximum Gasteiger partial charge on any atom is 0.190 e. The summed E-state index contributed by atoms with van der Waals surface area (Å²) in [5.74, 6) is 2.50. The van der Waals surface area contributed by atoms with E-state index in [9.17, 15) is 0 Å². The summed E-state index contributed by atoms with van der Waals surface area (Å²) in [7, 11) is 1.81. The van der Waals surface area contributed by atoms with E-state index < -0.39 is 0 Å². The molecule has 0 aliphatic heterocycles. The molecule has 156 valence electrons. The standard InChI is InChI=1S/C20H32N6S.HI/c1-16(2)15-26-18(24-25-20(26)27-4)11-8-13-22-19(21-3)23-14-12-17-9-6-5-7-10-17;/h5-7,9-10,16H,8,11-15H2,1-4H3,(H2,21,22,23);1H. The summed E-state index contributed by atoms with van der Waals surface area (Å²) < 4.78 is 2.25. The largest absolute Gasteiger partial charge is 0.356 e. The Balaban J connectivity index is 0.00000392. The highest BCUT2D eigenvalue weighted by molar-refractivity contribution is 14.0. The molecule has 0 aliphatic carbocycles. The summed E-state index contributed by atoms with van der Waals surface area (Å²) in [6, 6.07) is 10.5. The number of hydrogen-bond donors (Lipinski definition) is 2. The molecule has 2 rings (SSSR count). The van der Waals surface area contributed by atoms with Crippen LogP contribution in [0, 0.1) is 5.92 Å². The van der Waals surface area contributed by atoms with E-state index in [1.54, 1.807) is 11.8 Å². The molecular formula is C20H33IN6S. The van der Waals surface area contributed by atoms with E-state index >= 15 is 0 Å². The van der Waals surface area contributed by atoms with Gasteiger partial charge in [0.05, 0.1) is 0 Å². The van der Waals surface area contributed by atoms with Crippen LogP contribution in [0.1, 0.15) is 31.7 Å². The zero-order valence-electron chi connectivity index (χ0n) is 17.3. The Hall–Kier alpha value is -1.29. The normalized spacial score (nSPS) is 11.4. The maximum absolute atomic E-state index is 4.38. The molecule has 0 amide bonds. The molecule has 0 saturated heterocycles. The van der Waals surface area contributed by atoms with Gasteiger partial charge in [-0.05, 0) is 30.6 Å². The summed E-state index contributed by atoms with van der Waals surface area (Å²) in [6.07, 6.45) is 4.94. The lowest BCUT2D eigenvalue weighted by molar-refractivity contribution is 0.477. The summed E-state index contributed by atoms with van der Waals surface area (Å²) in [5, 5.41) is 16.4. The van der Waals surface area contributed by atoms with E-state index in [0.717, 1.165) is 55.8 Å². The molecule has 0 fully saturated rings. The minimum Gasteiger partial charge on any atom is -0.356 e. The number of aromatic nitrogens is 3. The quantitative estimate of drug-likeness (QED) is 0.166. The Morgan fingerprint density at radius 3 is 2.46 bits per heavy atom. The van der Waals surface area contributed by atoms with Crippen LogP contribution in [-0.4, -0.2) is 47.1 Å². The highest BCUT2D eigenvalue weighted by Crippen LogP contribution is 2.16. The van der Waals surface area contributed by atoms with E-state index in [0.29, 0.717) is 5.92 Å². The van der Waals surface area contributed by atoms with Gasteiger partial charge in [0.1, 0.15) is 5.82 Å². The SMILES string of the molecule is CN=C(NCCCc1nnc(SC)n1CC(C)C)NCCc1ccccc1.I. The molecule has 0 radical (unpaired) electrons. The number of nitrogens with zero attached hydrogens (tertiary/aromatic N) is 4. The first kappa shape index (κ1) is 24.7. The Morgan fingerprint density at radius 2 is 1.82 bits per heavy atom. The van der Waals surface area contributed by atoms with Gasteiger partial charge in [-0.2, -0.15) is 0 Å². The molecule has 6 nitrogen and oxygen atoms in total. The Morgan fingerprint density at radius 1 is 1.11 bits per heavy atom. The van der Waals surface area contributed by atoms with Crippen LogP contribution in [0.5, 0.6) is 0 Å². The molecule has 0 spiro atoms. The number of thioether (sulfide) groups is 1. The third-order valence-corrected chi connectivity index (χ3v) is 4.83. The second-order valence-corrected chi connectivity index (χ2v) is 7.65. The van der Waals surface area contributed by atoms with E-state index in [1.807, 2.05) is 13.1 Å².